The number of para-hydroxylation sites is 2. The van der Waals surface area contributed by atoms with Gasteiger partial charge in [-0.2, -0.15) is 4.31 Å². The van der Waals surface area contributed by atoms with E-state index >= 15 is 0 Å². The fraction of sp³-hybridized carbons (Fsp3) is 0.280. The number of amides is 1. The SMILES string of the molecule is CCOc1ccccc1NC(=O)C(Sc1ccc(S(=O)(=O)N2CCCC2)cn1)c1ccccc1. The summed E-state index contributed by atoms with van der Waals surface area (Å²) in [5, 5.41) is 2.94. The van der Waals surface area contributed by atoms with Crippen molar-refractivity contribution in [1.29, 1.82) is 0 Å². The number of carbonyl (C=O) groups is 1. The molecule has 178 valence electrons. The average molecular weight is 498 g/mol. The molecule has 1 saturated heterocycles. The molecule has 9 heteroatoms. The van der Waals surface area contributed by atoms with Crippen molar-refractivity contribution >= 4 is 33.4 Å². The monoisotopic (exact) mass is 497 g/mol. The molecule has 1 amide bonds. The number of benzene rings is 2. The lowest BCUT2D eigenvalue weighted by molar-refractivity contribution is -0.115. The fourth-order valence-electron chi connectivity index (χ4n) is 3.74. The highest BCUT2D eigenvalue weighted by atomic mass is 32.2. The van der Waals surface area contributed by atoms with E-state index in [1.807, 2.05) is 55.5 Å². The van der Waals surface area contributed by atoms with Crippen LogP contribution in [0.15, 0.2) is 82.8 Å². The van der Waals surface area contributed by atoms with Gasteiger partial charge in [0, 0.05) is 19.3 Å². The molecule has 0 bridgehead atoms. The van der Waals surface area contributed by atoms with Gasteiger partial charge in [-0.05, 0) is 49.6 Å². The molecule has 2 aromatic carbocycles. The van der Waals surface area contributed by atoms with Crippen LogP contribution >= 0.6 is 11.8 Å². The Labute approximate surface area is 204 Å². The lowest BCUT2D eigenvalue weighted by atomic mass is 10.1. The first kappa shape index (κ1) is 24.3. The second kappa shape index (κ2) is 11.0. The molecule has 0 spiro atoms. The van der Waals surface area contributed by atoms with E-state index < -0.39 is 15.3 Å². The number of carbonyl (C=O) groups excluding carboxylic acids is 1. The summed E-state index contributed by atoms with van der Waals surface area (Å²) in [5.41, 5.74) is 1.41. The van der Waals surface area contributed by atoms with E-state index in [9.17, 15) is 13.2 Å². The molecule has 0 saturated carbocycles. The highest BCUT2D eigenvalue weighted by molar-refractivity contribution is 8.00. The highest BCUT2D eigenvalue weighted by Crippen LogP contribution is 2.36. The summed E-state index contributed by atoms with van der Waals surface area (Å²) >= 11 is 1.27. The smallest absolute Gasteiger partial charge is 0.244 e. The normalized spacial score (nSPS) is 15.1. The lowest BCUT2D eigenvalue weighted by Gasteiger charge is -2.19. The van der Waals surface area contributed by atoms with Gasteiger partial charge in [0.25, 0.3) is 0 Å². The first-order valence-electron chi connectivity index (χ1n) is 11.2. The Hall–Kier alpha value is -2.88. The van der Waals surface area contributed by atoms with Gasteiger partial charge >= 0.3 is 0 Å². The van der Waals surface area contributed by atoms with Crippen molar-refractivity contribution in [2.24, 2.45) is 0 Å². The fourth-order valence-corrected chi connectivity index (χ4v) is 6.16. The minimum atomic E-state index is -3.53. The van der Waals surface area contributed by atoms with E-state index in [2.05, 4.69) is 10.3 Å². The lowest BCUT2D eigenvalue weighted by Crippen LogP contribution is -2.27. The van der Waals surface area contributed by atoms with Gasteiger partial charge in [-0.15, -0.1) is 0 Å². The quantitative estimate of drug-likeness (QED) is 0.430. The van der Waals surface area contributed by atoms with Crippen molar-refractivity contribution < 1.29 is 17.9 Å². The summed E-state index contributed by atoms with van der Waals surface area (Å²) in [6.45, 7) is 3.46. The van der Waals surface area contributed by atoms with Gasteiger partial charge in [0.1, 0.15) is 15.9 Å². The van der Waals surface area contributed by atoms with E-state index in [4.69, 9.17) is 4.74 Å². The van der Waals surface area contributed by atoms with E-state index in [0.29, 0.717) is 36.2 Å². The molecule has 1 aliphatic heterocycles. The van der Waals surface area contributed by atoms with Crippen molar-refractivity contribution in [3.63, 3.8) is 0 Å². The third-order valence-corrected chi connectivity index (χ3v) is 8.52. The van der Waals surface area contributed by atoms with Crippen LogP contribution in [0, 0.1) is 0 Å². The number of nitrogens with one attached hydrogen (secondary N) is 1. The van der Waals surface area contributed by atoms with E-state index in [-0.39, 0.29) is 10.8 Å². The Kier molecular flexibility index (Phi) is 7.87. The van der Waals surface area contributed by atoms with Crippen molar-refractivity contribution in [2.45, 2.75) is 34.9 Å². The molecule has 1 N–H and O–H groups in total. The number of thioether (sulfide) groups is 1. The summed E-state index contributed by atoms with van der Waals surface area (Å²) in [5.74, 6) is 0.378. The molecule has 1 aliphatic rings. The Morgan fingerprint density at radius 3 is 2.44 bits per heavy atom. The van der Waals surface area contributed by atoms with Crippen molar-refractivity contribution in [3.05, 3.63) is 78.5 Å². The largest absolute Gasteiger partial charge is 0.492 e. The zero-order valence-corrected chi connectivity index (χ0v) is 20.5. The summed E-state index contributed by atoms with van der Waals surface area (Å²) in [4.78, 5) is 17.9. The Morgan fingerprint density at radius 2 is 1.76 bits per heavy atom. The van der Waals surface area contributed by atoms with Gasteiger partial charge in [-0.1, -0.05) is 54.2 Å². The average Bonchev–Trinajstić information content (AvgIpc) is 3.41. The van der Waals surface area contributed by atoms with E-state index in [1.54, 1.807) is 18.2 Å². The minimum Gasteiger partial charge on any atom is -0.492 e. The molecule has 7 nitrogen and oxygen atoms in total. The molecule has 4 rings (SSSR count). The molecule has 3 aromatic rings. The van der Waals surface area contributed by atoms with Gasteiger partial charge in [-0.3, -0.25) is 4.79 Å². The Bertz CT molecular complexity index is 1210. The molecule has 0 radical (unpaired) electrons. The zero-order valence-electron chi connectivity index (χ0n) is 18.9. The van der Waals surface area contributed by atoms with Gasteiger partial charge < -0.3 is 10.1 Å². The summed E-state index contributed by atoms with van der Waals surface area (Å²) in [7, 11) is -3.53. The predicted octanol–water partition coefficient (Wildman–Crippen LogP) is 4.74. The van der Waals surface area contributed by atoms with E-state index in [1.165, 1.54) is 22.3 Å². The van der Waals surface area contributed by atoms with Crippen molar-refractivity contribution in [3.8, 4) is 5.75 Å². The second-order valence-corrected chi connectivity index (χ2v) is 10.8. The van der Waals surface area contributed by atoms with Crippen LogP contribution in [-0.4, -0.2) is 43.3 Å². The van der Waals surface area contributed by atoms with Gasteiger partial charge in [0.15, 0.2) is 0 Å². The third kappa shape index (κ3) is 5.60. The van der Waals surface area contributed by atoms with Gasteiger partial charge in [0.05, 0.1) is 17.3 Å². The molecule has 1 atom stereocenters. The predicted molar refractivity (Wildman–Crippen MR) is 134 cm³/mol. The number of aromatic nitrogens is 1. The van der Waals surface area contributed by atoms with E-state index in [0.717, 1.165) is 18.4 Å². The maximum absolute atomic E-state index is 13.4. The molecule has 34 heavy (non-hydrogen) atoms. The minimum absolute atomic E-state index is 0.171. The first-order chi connectivity index (χ1) is 16.5. The number of nitrogens with zero attached hydrogens (tertiary/aromatic N) is 2. The Balaban J connectivity index is 1.56. The van der Waals surface area contributed by atoms with Crippen LogP contribution in [-0.2, 0) is 14.8 Å². The summed E-state index contributed by atoms with van der Waals surface area (Å²) in [6, 6.07) is 19.9. The van der Waals surface area contributed by atoms with Gasteiger partial charge in [-0.25, -0.2) is 13.4 Å². The highest BCUT2D eigenvalue weighted by Gasteiger charge is 2.28. The van der Waals surface area contributed by atoms with Crippen LogP contribution in [0.2, 0.25) is 0 Å². The number of sulfonamides is 1. The molecular formula is C25H27N3O4S2. The number of rotatable bonds is 9. The Morgan fingerprint density at radius 1 is 1.06 bits per heavy atom. The molecule has 1 aromatic heterocycles. The van der Waals surface area contributed by atoms with Crippen LogP contribution in [0.4, 0.5) is 5.69 Å². The number of anilines is 1. The van der Waals surface area contributed by atoms with Crippen LogP contribution in [0.3, 0.4) is 0 Å². The summed E-state index contributed by atoms with van der Waals surface area (Å²) < 4.78 is 32.7. The number of hydrogen-bond acceptors (Lipinski definition) is 6. The molecule has 0 aliphatic carbocycles. The summed E-state index contributed by atoms with van der Waals surface area (Å²) in [6.07, 6.45) is 3.13. The topological polar surface area (TPSA) is 88.6 Å². The molecule has 1 unspecified atom stereocenters. The standard InChI is InChI=1S/C25H27N3O4S2/c1-2-32-22-13-7-6-12-21(22)27-25(29)24(19-10-4-3-5-11-19)33-23-15-14-20(18-26-23)34(30,31)28-16-8-9-17-28/h3-7,10-15,18,24H,2,8-9,16-17H2,1H3,(H,27,29). The molecule has 2 heterocycles. The second-order valence-electron chi connectivity index (χ2n) is 7.77. The maximum Gasteiger partial charge on any atom is 0.244 e. The third-order valence-electron chi connectivity index (χ3n) is 5.44. The van der Waals surface area contributed by atoms with Gasteiger partial charge in [0.2, 0.25) is 15.9 Å². The zero-order chi connectivity index (χ0) is 24.0. The molecule has 1 fully saturated rings. The van der Waals surface area contributed by atoms with Crippen LogP contribution in [0.5, 0.6) is 5.75 Å². The number of pyridine rings is 1. The maximum atomic E-state index is 13.4. The van der Waals surface area contributed by atoms with Crippen LogP contribution < -0.4 is 10.1 Å². The number of ether oxygens (including phenoxy) is 1. The van der Waals surface area contributed by atoms with Crippen molar-refractivity contribution in [1.82, 2.24) is 9.29 Å². The number of hydrogen-bond donors (Lipinski definition) is 1. The van der Waals surface area contributed by atoms with Crippen molar-refractivity contribution in [2.75, 3.05) is 25.0 Å². The van der Waals surface area contributed by atoms with Crippen LogP contribution in [0.25, 0.3) is 0 Å². The van der Waals surface area contributed by atoms with Crippen LogP contribution in [0.1, 0.15) is 30.6 Å². The first-order valence-corrected chi connectivity index (χ1v) is 13.5. The molecular weight excluding hydrogens is 470 g/mol.